The fraction of sp³-hybridized carbons (Fsp3) is 0.357. The van der Waals surface area contributed by atoms with Gasteiger partial charge >= 0.3 is 0 Å². The Morgan fingerprint density at radius 3 is 2.74 bits per heavy atom. The first-order valence-corrected chi connectivity index (χ1v) is 6.45. The molecule has 0 amide bonds. The minimum absolute atomic E-state index is 0.360. The van der Waals surface area contributed by atoms with Crippen LogP contribution in [0.15, 0.2) is 24.8 Å². The van der Waals surface area contributed by atoms with Crippen molar-refractivity contribution in [3.63, 3.8) is 0 Å². The van der Waals surface area contributed by atoms with E-state index in [0.29, 0.717) is 5.56 Å². The van der Waals surface area contributed by atoms with Gasteiger partial charge in [-0.3, -0.25) is 4.98 Å². The summed E-state index contributed by atoms with van der Waals surface area (Å²) in [6.07, 6.45) is 6.10. The molecule has 1 N–H and O–H groups in total. The molecule has 2 rings (SSSR count). The fourth-order valence-electron chi connectivity index (χ4n) is 1.93. The molecule has 2 heterocycles. The van der Waals surface area contributed by atoms with Crippen LogP contribution in [0.2, 0.25) is 0 Å². The minimum Gasteiger partial charge on any atom is -0.370 e. The Morgan fingerprint density at radius 1 is 1.21 bits per heavy atom. The van der Waals surface area contributed by atoms with Gasteiger partial charge in [-0.15, -0.1) is 0 Å². The van der Waals surface area contributed by atoms with E-state index in [1.54, 1.807) is 6.20 Å². The van der Waals surface area contributed by atoms with E-state index in [1.807, 2.05) is 6.92 Å². The largest absolute Gasteiger partial charge is 0.370 e. The molecule has 2 aromatic heterocycles. The predicted molar refractivity (Wildman–Crippen MR) is 73.4 cm³/mol. The molecule has 0 saturated heterocycles. The highest BCUT2D eigenvalue weighted by molar-refractivity contribution is 5.67. The smallest absolute Gasteiger partial charge is 0.142 e. The zero-order chi connectivity index (χ0) is 13.7. The maximum Gasteiger partial charge on any atom is 0.142 e. The van der Waals surface area contributed by atoms with Crippen LogP contribution in [-0.2, 0) is 6.42 Å². The van der Waals surface area contributed by atoms with Crippen LogP contribution in [0.3, 0.4) is 0 Å². The quantitative estimate of drug-likeness (QED) is 0.897. The van der Waals surface area contributed by atoms with Crippen LogP contribution in [0.25, 0.3) is 11.3 Å². The van der Waals surface area contributed by atoms with Gasteiger partial charge in [-0.1, -0.05) is 13.8 Å². The normalized spacial score (nSPS) is 10.5. The molecule has 0 aliphatic carbocycles. The van der Waals surface area contributed by atoms with Crippen LogP contribution in [0.1, 0.15) is 25.8 Å². The van der Waals surface area contributed by atoms with Crippen LogP contribution >= 0.6 is 0 Å². The molecule has 0 aromatic carbocycles. The lowest BCUT2D eigenvalue weighted by atomic mass is 10.1. The molecule has 0 aliphatic heterocycles. The van der Waals surface area contributed by atoms with Crippen molar-refractivity contribution in [2.24, 2.45) is 0 Å². The van der Waals surface area contributed by atoms with Gasteiger partial charge in [0.05, 0.1) is 11.9 Å². The minimum atomic E-state index is -0.360. The predicted octanol–water partition coefficient (Wildman–Crippen LogP) is 3.06. The van der Waals surface area contributed by atoms with E-state index in [2.05, 4.69) is 27.2 Å². The van der Waals surface area contributed by atoms with E-state index < -0.39 is 0 Å². The Labute approximate surface area is 112 Å². The Hall–Kier alpha value is -2.04. The molecule has 4 nitrogen and oxygen atoms in total. The maximum atomic E-state index is 13.3. The second-order valence-electron chi connectivity index (χ2n) is 4.22. The average Bonchev–Trinajstić information content (AvgIpc) is 2.44. The van der Waals surface area contributed by atoms with Crippen LogP contribution in [0.4, 0.5) is 10.2 Å². The van der Waals surface area contributed by atoms with Crippen molar-refractivity contribution >= 4 is 5.82 Å². The summed E-state index contributed by atoms with van der Waals surface area (Å²) >= 11 is 0. The lowest BCUT2D eigenvalue weighted by Gasteiger charge is -2.12. The number of aromatic nitrogens is 3. The lowest BCUT2D eigenvalue weighted by molar-refractivity contribution is 0.622. The van der Waals surface area contributed by atoms with Crippen molar-refractivity contribution in [1.29, 1.82) is 0 Å². The van der Waals surface area contributed by atoms with Crippen molar-refractivity contribution in [3.8, 4) is 11.3 Å². The van der Waals surface area contributed by atoms with Gasteiger partial charge in [0, 0.05) is 23.9 Å². The summed E-state index contributed by atoms with van der Waals surface area (Å²) < 4.78 is 13.3. The maximum absolute atomic E-state index is 13.3. The monoisotopic (exact) mass is 260 g/mol. The number of nitrogens with zero attached hydrogens (tertiary/aromatic N) is 3. The standard InChI is InChI=1S/C14H17FN4/c1-3-5-17-14-12(4-2)13(18-9-19-14)10-6-11(15)8-16-7-10/h6-9H,3-5H2,1-2H3,(H,17,18,19). The van der Waals surface area contributed by atoms with Crippen molar-refractivity contribution in [1.82, 2.24) is 15.0 Å². The number of rotatable bonds is 5. The first-order valence-electron chi connectivity index (χ1n) is 6.45. The third-order valence-corrected chi connectivity index (χ3v) is 2.82. The second-order valence-corrected chi connectivity index (χ2v) is 4.22. The van der Waals surface area contributed by atoms with Gasteiger partial charge in [0.25, 0.3) is 0 Å². The van der Waals surface area contributed by atoms with Gasteiger partial charge in [-0.25, -0.2) is 14.4 Å². The molecular weight excluding hydrogens is 243 g/mol. The molecule has 0 spiro atoms. The summed E-state index contributed by atoms with van der Waals surface area (Å²) in [6.45, 7) is 4.98. The SMILES string of the molecule is CCCNc1ncnc(-c2cncc(F)c2)c1CC. The molecule has 0 unspecified atom stereocenters. The Kier molecular flexibility index (Phi) is 4.39. The Morgan fingerprint density at radius 2 is 2.05 bits per heavy atom. The highest BCUT2D eigenvalue weighted by Gasteiger charge is 2.12. The summed E-state index contributed by atoms with van der Waals surface area (Å²) in [5.74, 6) is 0.458. The third kappa shape index (κ3) is 3.05. The number of pyridine rings is 1. The van der Waals surface area contributed by atoms with Crippen LogP contribution in [0, 0.1) is 5.82 Å². The number of anilines is 1. The highest BCUT2D eigenvalue weighted by atomic mass is 19.1. The average molecular weight is 260 g/mol. The van der Waals surface area contributed by atoms with Crippen LogP contribution < -0.4 is 5.32 Å². The van der Waals surface area contributed by atoms with Gasteiger partial charge in [-0.05, 0) is 18.9 Å². The molecule has 0 aliphatic rings. The Bertz CT molecular complexity index is 557. The molecule has 0 fully saturated rings. The fourth-order valence-corrected chi connectivity index (χ4v) is 1.93. The van der Waals surface area contributed by atoms with Gasteiger partial charge in [0.2, 0.25) is 0 Å². The van der Waals surface area contributed by atoms with E-state index in [-0.39, 0.29) is 5.82 Å². The van der Waals surface area contributed by atoms with E-state index in [0.717, 1.165) is 36.5 Å². The molecule has 19 heavy (non-hydrogen) atoms. The number of hydrogen-bond acceptors (Lipinski definition) is 4. The third-order valence-electron chi connectivity index (χ3n) is 2.82. The van der Waals surface area contributed by atoms with E-state index >= 15 is 0 Å². The zero-order valence-electron chi connectivity index (χ0n) is 11.2. The number of halogens is 1. The van der Waals surface area contributed by atoms with Crippen LogP contribution in [0.5, 0.6) is 0 Å². The van der Waals surface area contributed by atoms with Crippen molar-refractivity contribution in [3.05, 3.63) is 36.2 Å². The topological polar surface area (TPSA) is 50.7 Å². The van der Waals surface area contributed by atoms with Crippen molar-refractivity contribution in [2.75, 3.05) is 11.9 Å². The van der Waals surface area contributed by atoms with Crippen molar-refractivity contribution in [2.45, 2.75) is 26.7 Å². The summed E-state index contributed by atoms with van der Waals surface area (Å²) in [4.78, 5) is 12.4. The van der Waals surface area contributed by atoms with Gasteiger partial charge in [0.15, 0.2) is 0 Å². The lowest BCUT2D eigenvalue weighted by Crippen LogP contribution is -2.07. The molecule has 0 saturated carbocycles. The van der Waals surface area contributed by atoms with E-state index in [4.69, 9.17) is 0 Å². The molecule has 5 heteroatoms. The number of hydrogen-bond donors (Lipinski definition) is 1. The second kappa shape index (κ2) is 6.22. The molecule has 0 bridgehead atoms. The van der Waals surface area contributed by atoms with Gasteiger partial charge in [0.1, 0.15) is 18.0 Å². The molecule has 100 valence electrons. The first-order chi connectivity index (χ1) is 9.26. The van der Waals surface area contributed by atoms with Gasteiger partial charge in [-0.2, -0.15) is 0 Å². The van der Waals surface area contributed by atoms with Gasteiger partial charge < -0.3 is 5.32 Å². The molecule has 0 atom stereocenters. The molecular formula is C14H17FN4. The Balaban J connectivity index is 2.45. The van der Waals surface area contributed by atoms with Crippen molar-refractivity contribution < 1.29 is 4.39 Å². The summed E-state index contributed by atoms with van der Waals surface area (Å²) in [6, 6.07) is 1.44. The summed E-state index contributed by atoms with van der Waals surface area (Å²) in [7, 11) is 0. The zero-order valence-corrected chi connectivity index (χ0v) is 11.2. The highest BCUT2D eigenvalue weighted by Crippen LogP contribution is 2.25. The van der Waals surface area contributed by atoms with E-state index in [1.165, 1.54) is 18.6 Å². The molecule has 2 aromatic rings. The molecule has 0 radical (unpaired) electrons. The summed E-state index contributed by atoms with van der Waals surface area (Å²) in [5, 5.41) is 3.27. The summed E-state index contributed by atoms with van der Waals surface area (Å²) in [5.41, 5.74) is 2.41. The van der Waals surface area contributed by atoms with Crippen LogP contribution in [-0.4, -0.2) is 21.5 Å². The van der Waals surface area contributed by atoms with E-state index in [9.17, 15) is 4.39 Å². The number of nitrogens with one attached hydrogen (secondary N) is 1. The first kappa shape index (κ1) is 13.4.